The van der Waals surface area contributed by atoms with Gasteiger partial charge in [0.2, 0.25) is 12.0 Å². The number of para-hydroxylation sites is 1. The van der Waals surface area contributed by atoms with E-state index in [1.807, 2.05) is 0 Å². The Balaban J connectivity index is 1.57. The van der Waals surface area contributed by atoms with Gasteiger partial charge in [-0.1, -0.05) is 30.3 Å². The first-order valence-electron chi connectivity index (χ1n) is 10.4. The molecule has 180 valence electrons. The highest BCUT2D eigenvalue weighted by molar-refractivity contribution is 8.00. The standard InChI is InChI=1S/C23H19N3O8S/c1-12(28)24-20-16(11-27)18(23(30)31)25-21(29)19(22(25)35-20)34-17-5-3-2-4-14(17)10-13-6-8-15(9-7-13)26(32)33/h2-9,18-20,22H,10H2,1H3,(H,24,28)(H,30,31)/t18?,19?,20?,22-/m1/s1. The molecule has 2 aliphatic rings. The number of non-ortho nitro benzene ring substituents is 1. The van der Waals surface area contributed by atoms with Gasteiger partial charge in [0, 0.05) is 25.5 Å². The first-order chi connectivity index (χ1) is 16.7. The largest absolute Gasteiger partial charge is 0.479 e. The third-order valence-corrected chi connectivity index (χ3v) is 7.01. The first-order valence-corrected chi connectivity index (χ1v) is 11.4. The Hall–Kier alpha value is -4.15. The van der Waals surface area contributed by atoms with Crippen molar-refractivity contribution < 1.29 is 33.9 Å². The molecule has 2 saturated heterocycles. The number of nitrogens with zero attached hydrogens (tertiary/aromatic N) is 2. The van der Waals surface area contributed by atoms with Gasteiger partial charge in [0.25, 0.3) is 11.6 Å². The second kappa shape index (κ2) is 9.61. The summed E-state index contributed by atoms with van der Waals surface area (Å²) in [6, 6.07) is 11.5. The predicted molar refractivity (Wildman–Crippen MR) is 123 cm³/mol. The van der Waals surface area contributed by atoms with Crippen LogP contribution in [-0.2, 0) is 25.6 Å². The smallest absolute Gasteiger partial charge is 0.331 e. The SMILES string of the molecule is CC(=O)NC1S[C@@H]2C(Oc3ccccc3Cc3ccc([N+](=O)[O-])cc3)C(=O)N2C(C(=O)O)C1=C=O. The molecule has 2 fully saturated rings. The van der Waals surface area contributed by atoms with Crippen LogP contribution in [0.3, 0.4) is 0 Å². The van der Waals surface area contributed by atoms with Gasteiger partial charge in [0.1, 0.15) is 22.4 Å². The third-order valence-electron chi connectivity index (χ3n) is 5.62. The zero-order valence-corrected chi connectivity index (χ0v) is 19.1. The van der Waals surface area contributed by atoms with Crippen molar-refractivity contribution in [3.8, 4) is 5.75 Å². The third kappa shape index (κ3) is 4.61. The fourth-order valence-corrected chi connectivity index (χ4v) is 5.51. The zero-order valence-electron chi connectivity index (χ0n) is 18.2. The molecule has 4 rings (SSSR count). The van der Waals surface area contributed by atoms with E-state index in [2.05, 4.69) is 5.32 Å². The molecule has 0 aliphatic carbocycles. The first kappa shape index (κ1) is 24.0. The Kier molecular flexibility index (Phi) is 6.59. The molecule has 35 heavy (non-hydrogen) atoms. The van der Waals surface area contributed by atoms with Crippen molar-refractivity contribution in [3.05, 3.63) is 75.3 Å². The minimum atomic E-state index is -1.56. The monoisotopic (exact) mass is 497 g/mol. The number of hydrogen-bond donors (Lipinski definition) is 2. The van der Waals surface area contributed by atoms with Gasteiger partial charge in [-0.15, -0.1) is 11.8 Å². The number of carbonyl (C=O) groups excluding carboxylic acids is 3. The Morgan fingerprint density at radius 1 is 1.23 bits per heavy atom. The van der Waals surface area contributed by atoms with Crippen molar-refractivity contribution in [2.75, 3.05) is 0 Å². The van der Waals surface area contributed by atoms with Crippen molar-refractivity contribution in [3.63, 3.8) is 0 Å². The van der Waals surface area contributed by atoms with Gasteiger partial charge >= 0.3 is 5.97 Å². The molecule has 2 aliphatic heterocycles. The lowest BCUT2D eigenvalue weighted by Crippen LogP contribution is -2.73. The van der Waals surface area contributed by atoms with E-state index in [1.54, 1.807) is 42.3 Å². The number of thioether (sulfide) groups is 1. The van der Waals surface area contributed by atoms with Gasteiger partial charge in [-0.05, 0) is 17.2 Å². The van der Waals surface area contributed by atoms with Crippen molar-refractivity contribution in [2.45, 2.75) is 36.2 Å². The van der Waals surface area contributed by atoms with Crippen LogP contribution >= 0.6 is 11.8 Å². The van der Waals surface area contributed by atoms with Crippen LogP contribution in [0.4, 0.5) is 5.69 Å². The number of β-lactam (4-membered cyclic amide) rings is 1. The number of amides is 2. The number of aliphatic carboxylic acids is 1. The molecule has 4 atom stereocenters. The van der Waals surface area contributed by atoms with E-state index in [0.717, 1.165) is 27.8 Å². The van der Waals surface area contributed by atoms with Gasteiger partial charge in [-0.3, -0.25) is 19.7 Å². The van der Waals surface area contributed by atoms with Crippen LogP contribution < -0.4 is 10.1 Å². The lowest BCUT2D eigenvalue weighted by atomic mass is 9.98. The van der Waals surface area contributed by atoms with Crippen LogP contribution in [-0.4, -0.2) is 61.5 Å². The summed E-state index contributed by atoms with van der Waals surface area (Å²) in [5.74, 6) is -0.505. The van der Waals surface area contributed by atoms with Crippen molar-refractivity contribution >= 4 is 41.2 Å². The Morgan fingerprint density at radius 2 is 1.91 bits per heavy atom. The number of nitro benzene ring substituents is 1. The second-order valence-electron chi connectivity index (χ2n) is 7.90. The molecule has 11 nitrogen and oxygen atoms in total. The van der Waals surface area contributed by atoms with Crippen molar-refractivity contribution in [2.24, 2.45) is 0 Å². The van der Waals surface area contributed by atoms with Crippen LogP contribution in [0, 0.1) is 10.1 Å². The van der Waals surface area contributed by atoms with Crippen LogP contribution in [0.5, 0.6) is 5.75 Å². The van der Waals surface area contributed by atoms with Gasteiger partial charge < -0.3 is 20.1 Å². The van der Waals surface area contributed by atoms with Crippen LogP contribution in [0.1, 0.15) is 18.1 Å². The molecule has 2 amide bonds. The summed E-state index contributed by atoms with van der Waals surface area (Å²) in [6.45, 7) is 1.24. The van der Waals surface area contributed by atoms with Crippen molar-refractivity contribution in [1.29, 1.82) is 0 Å². The molecule has 0 bridgehead atoms. The lowest BCUT2D eigenvalue weighted by Gasteiger charge is -2.53. The topological polar surface area (TPSA) is 156 Å². The number of fused-ring (bicyclic) bond motifs is 1. The highest BCUT2D eigenvalue weighted by atomic mass is 32.2. The van der Waals surface area contributed by atoms with Gasteiger partial charge in [0.05, 0.1) is 10.5 Å². The summed E-state index contributed by atoms with van der Waals surface area (Å²) in [5.41, 5.74) is 1.23. The summed E-state index contributed by atoms with van der Waals surface area (Å²) in [6.07, 6.45) is -0.662. The molecule has 0 spiro atoms. The summed E-state index contributed by atoms with van der Waals surface area (Å²) < 4.78 is 6.01. The number of carboxylic acids is 1. The number of ether oxygens (including phenoxy) is 1. The normalized spacial score (nSPS) is 22.9. The minimum Gasteiger partial charge on any atom is -0.479 e. The Bertz CT molecular complexity index is 1260. The maximum atomic E-state index is 12.9. The minimum absolute atomic E-state index is 0.0294. The summed E-state index contributed by atoms with van der Waals surface area (Å²) in [4.78, 5) is 59.3. The van der Waals surface area contributed by atoms with Gasteiger partial charge in [0.15, 0.2) is 6.04 Å². The Morgan fingerprint density at radius 3 is 2.51 bits per heavy atom. The molecule has 12 heteroatoms. The fraction of sp³-hybridized carbons (Fsp3) is 0.261. The summed E-state index contributed by atoms with van der Waals surface area (Å²) in [5, 5.41) is 21.4. The molecule has 3 unspecified atom stereocenters. The van der Waals surface area contributed by atoms with E-state index >= 15 is 0 Å². The van der Waals surface area contributed by atoms with Gasteiger partial charge in [-0.2, -0.15) is 0 Å². The lowest BCUT2D eigenvalue weighted by molar-refractivity contribution is -0.384. The number of nitrogens with one attached hydrogen (secondary N) is 1. The maximum Gasteiger partial charge on any atom is 0.331 e. The van der Waals surface area contributed by atoms with E-state index in [-0.39, 0.29) is 11.3 Å². The van der Waals surface area contributed by atoms with E-state index in [1.165, 1.54) is 19.1 Å². The highest BCUT2D eigenvalue weighted by Crippen LogP contribution is 2.44. The van der Waals surface area contributed by atoms with E-state index in [9.17, 15) is 34.4 Å². The average Bonchev–Trinajstić information content (AvgIpc) is 2.82. The number of carboxylic acid groups (broad SMARTS) is 1. The molecule has 2 heterocycles. The molecule has 2 N–H and O–H groups in total. The number of benzene rings is 2. The Labute approximate surface area is 202 Å². The number of nitro groups is 1. The summed E-state index contributed by atoms with van der Waals surface area (Å²) >= 11 is 1.03. The number of carbonyl (C=O) groups is 3. The van der Waals surface area contributed by atoms with Crippen LogP contribution in [0.15, 0.2) is 54.1 Å². The van der Waals surface area contributed by atoms with Gasteiger partial charge in [-0.25, -0.2) is 9.59 Å². The number of rotatable bonds is 7. The average molecular weight is 497 g/mol. The number of hydrogen-bond acceptors (Lipinski definition) is 8. The van der Waals surface area contributed by atoms with E-state index in [0.29, 0.717) is 12.2 Å². The molecule has 2 aromatic rings. The van der Waals surface area contributed by atoms with Crippen molar-refractivity contribution in [1.82, 2.24) is 10.2 Å². The quantitative estimate of drug-likeness (QED) is 0.251. The molecule has 0 saturated carbocycles. The predicted octanol–water partition coefficient (Wildman–Crippen LogP) is 1.52. The fourth-order valence-electron chi connectivity index (χ4n) is 4.00. The highest BCUT2D eigenvalue weighted by Gasteiger charge is 2.60. The van der Waals surface area contributed by atoms with Crippen LogP contribution in [0.25, 0.3) is 0 Å². The zero-order chi connectivity index (χ0) is 25.3. The molecular weight excluding hydrogens is 478 g/mol. The van der Waals surface area contributed by atoms with E-state index < -0.39 is 45.6 Å². The van der Waals surface area contributed by atoms with Crippen LogP contribution in [0.2, 0.25) is 0 Å². The molecular formula is C23H19N3O8S. The second-order valence-corrected chi connectivity index (χ2v) is 9.12. The summed E-state index contributed by atoms with van der Waals surface area (Å²) in [7, 11) is 0. The molecule has 0 aromatic heterocycles. The molecule has 0 radical (unpaired) electrons. The van der Waals surface area contributed by atoms with E-state index in [4.69, 9.17) is 4.74 Å². The molecule has 2 aromatic carbocycles. The maximum absolute atomic E-state index is 12.9.